The quantitative estimate of drug-likeness (QED) is 0.230. The third kappa shape index (κ3) is 7.43. The fourth-order valence-electron chi connectivity index (χ4n) is 8.49. The van der Waals surface area contributed by atoms with Crippen LogP contribution in [0.3, 0.4) is 0 Å². The summed E-state index contributed by atoms with van der Waals surface area (Å²) in [7, 11) is 3.87. The van der Waals surface area contributed by atoms with Gasteiger partial charge >= 0.3 is 12.1 Å². The average molecular weight is 681 g/mol. The Hall–Kier alpha value is -1.87. The summed E-state index contributed by atoms with van der Waals surface area (Å²) in [6.45, 7) is 14.4. The van der Waals surface area contributed by atoms with E-state index in [0.717, 1.165) is 12.8 Å². The van der Waals surface area contributed by atoms with Crippen molar-refractivity contribution in [2.45, 2.75) is 153 Å². The minimum Gasteiger partial charge on any atom is -0.457 e. The normalized spacial score (nSPS) is 46.2. The van der Waals surface area contributed by atoms with Crippen molar-refractivity contribution in [2.24, 2.45) is 17.3 Å². The molecule has 0 aromatic rings. The second-order valence-electron chi connectivity index (χ2n) is 16.0. The van der Waals surface area contributed by atoms with Gasteiger partial charge in [0.15, 0.2) is 17.7 Å². The van der Waals surface area contributed by atoms with E-state index in [1.54, 1.807) is 20.8 Å². The van der Waals surface area contributed by atoms with E-state index in [2.05, 4.69) is 22.9 Å². The highest BCUT2D eigenvalue weighted by Crippen LogP contribution is 2.43. The van der Waals surface area contributed by atoms with Gasteiger partial charge in [-0.2, -0.15) is 0 Å². The monoisotopic (exact) mass is 680 g/mol. The van der Waals surface area contributed by atoms with Crippen LogP contribution in [0, 0.1) is 17.3 Å². The molecule has 0 aromatic carbocycles. The molecule has 0 unspecified atom stereocenters. The number of esters is 1. The summed E-state index contributed by atoms with van der Waals surface area (Å²) < 4.78 is 31.9. The van der Waals surface area contributed by atoms with Crippen LogP contribution in [0.5, 0.6) is 0 Å². The second-order valence-corrected chi connectivity index (χ2v) is 16.0. The summed E-state index contributed by atoms with van der Waals surface area (Å²) in [5, 5.41) is 21.6. The molecule has 1 amide bonds. The highest BCUT2D eigenvalue weighted by Gasteiger charge is 2.58. The second kappa shape index (κ2) is 14.4. The lowest BCUT2D eigenvalue weighted by Gasteiger charge is -2.49. The standard InChI is InChI=1S/C35H60N4O9/c1-10-25-35(7)27(38-32(43)48-35)21(4)36-17-19(2)16-34(6)29(20(3)28(41)33(5,13-14-44-34)31(42)46-25)47-30-26(40)24(39(8)9)15-23(45-30)18-37-22-11-12-22/h19-27,29-30,36-37,40H,10-18H2,1-9H3,(H,38,43)/t19-,20+,21-,23+,24+,25-,26-,27-,29-,30+,33-,34+,35-/m1/s1. The molecule has 1 saturated carbocycles. The van der Waals surface area contributed by atoms with Crippen molar-refractivity contribution in [3.63, 3.8) is 0 Å². The summed E-state index contributed by atoms with van der Waals surface area (Å²) in [6.07, 6.45) is -0.456. The maximum absolute atomic E-state index is 14.6. The molecule has 5 saturated heterocycles. The number of hydrogen-bond donors (Lipinski definition) is 4. The summed E-state index contributed by atoms with van der Waals surface area (Å²) in [5.41, 5.74) is -3.68. The Balaban J connectivity index is 1.50. The zero-order valence-electron chi connectivity index (χ0n) is 30.4. The van der Waals surface area contributed by atoms with Crippen LogP contribution in [-0.4, -0.2) is 128 Å². The predicted octanol–water partition coefficient (Wildman–Crippen LogP) is 2.13. The topological polar surface area (TPSA) is 157 Å². The van der Waals surface area contributed by atoms with Gasteiger partial charge < -0.3 is 49.6 Å². The summed E-state index contributed by atoms with van der Waals surface area (Å²) in [5.74, 6) is -1.77. The highest BCUT2D eigenvalue weighted by atomic mass is 16.7. The molecule has 0 radical (unpaired) electrons. The van der Waals surface area contributed by atoms with E-state index in [-0.39, 0.29) is 42.9 Å². The molecule has 13 nitrogen and oxygen atoms in total. The number of carbonyl (C=O) groups excluding carboxylic acids is 3. The largest absolute Gasteiger partial charge is 0.457 e. The van der Waals surface area contributed by atoms with Crippen LogP contribution in [0.1, 0.15) is 87.0 Å². The zero-order valence-corrected chi connectivity index (χ0v) is 30.4. The number of rotatable bonds is 7. The van der Waals surface area contributed by atoms with Gasteiger partial charge in [0.1, 0.15) is 17.6 Å². The molecule has 6 rings (SSSR count). The van der Waals surface area contributed by atoms with Gasteiger partial charge in [-0.1, -0.05) is 20.8 Å². The molecule has 0 spiro atoms. The number of hydrogen-bond acceptors (Lipinski definition) is 12. The van der Waals surface area contributed by atoms with Gasteiger partial charge in [0.25, 0.3) is 0 Å². The van der Waals surface area contributed by atoms with Gasteiger partial charge in [0.2, 0.25) is 0 Å². The highest BCUT2D eigenvalue weighted by molar-refractivity contribution is 6.04. The molecule has 274 valence electrons. The molecule has 13 atom stereocenters. The Morgan fingerprint density at radius 1 is 1.10 bits per heavy atom. The summed E-state index contributed by atoms with van der Waals surface area (Å²) in [6, 6.07) is -0.432. The van der Waals surface area contributed by atoms with E-state index in [0.29, 0.717) is 38.4 Å². The van der Waals surface area contributed by atoms with Crippen molar-refractivity contribution < 1.29 is 43.2 Å². The van der Waals surface area contributed by atoms with Gasteiger partial charge in [0, 0.05) is 37.2 Å². The molecule has 4 N–H and O–H groups in total. The van der Waals surface area contributed by atoms with Crippen LogP contribution in [0.15, 0.2) is 0 Å². The zero-order chi connectivity index (χ0) is 35.2. The van der Waals surface area contributed by atoms with Crippen LogP contribution in [0.4, 0.5) is 4.79 Å². The third-order valence-electron chi connectivity index (χ3n) is 11.7. The van der Waals surface area contributed by atoms with Crippen LogP contribution < -0.4 is 16.0 Å². The molecule has 6 fully saturated rings. The maximum atomic E-state index is 14.6. The van der Waals surface area contributed by atoms with Crippen molar-refractivity contribution in [3.8, 4) is 0 Å². The van der Waals surface area contributed by atoms with Gasteiger partial charge in [-0.05, 0) is 92.8 Å². The van der Waals surface area contributed by atoms with E-state index in [1.807, 2.05) is 39.8 Å². The van der Waals surface area contributed by atoms with Gasteiger partial charge in [-0.25, -0.2) is 4.79 Å². The number of ketones is 1. The molecule has 6 aliphatic rings. The minimum absolute atomic E-state index is 0.0492. The average Bonchev–Trinajstić information content (AvgIpc) is 3.80. The third-order valence-corrected chi connectivity index (χ3v) is 11.7. The lowest BCUT2D eigenvalue weighted by atomic mass is 9.70. The first-order valence-corrected chi connectivity index (χ1v) is 18.0. The van der Waals surface area contributed by atoms with Crippen molar-refractivity contribution in [2.75, 3.05) is 33.8 Å². The number of nitrogens with one attached hydrogen (secondary N) is 3. The Morgan fingerprint density at radius 2 is 1.81 bits per heavy atom. The smallest absolute Gasteiger partial charge is 0.408 e. The van der Waals surface area contributed by atoms with Gasteiger partial charge in [0.05, 0.1) is 23.9 Å². The van der Waals surface area contributed by atoms with Gasteiger partial charge in [-0.15, -0.1) is 0 Å². The van der Waals surface area contributed by atoms with E-state index in [4.69, 9.17) is 23.7 Å². The van der Waals surface area contributed by atoms with E-state index >= 15 is 0 Å². The van der Waals surface area contributed by atoms with Crippen molar-refractivity contribution in [1.29, 1.82) is 0 Å². The number of aliphatic hydroxyl groups is 1. The Kier molecular flexibility index (Phi) is 11.2. The lowest BCUT2D eigenvalue weighted by molar-refractivity contribution is -0.301. The van der Waals surface area contributed by atoms with Crippen molar-refractivity contribution >= 4 is 17.8 Å². The van der Waals surface area contributed by atoms with Crippen LogP contribution >= 0.6 is 0 Å². The lowest BCUT2D eigenvalue weighted by Crippen LogP contribution is -2.62. The molecular formula is C35H60N4O9. The number of nitrogens with zero attached hydrogens (tertiary/aromatic N) is 1. The first-order chi connectivity index (χ1) is 22.5. The molecular weight excluding hydrogens is 620 g/mol. The van der Waals surface area contributed by atoms with E-state index < -0.39 is 65.2 Å². The van der Waals surface area contributed by atoms with Crippen molar-refractivity contribution in [3.05, 3.63) is 0 Å². The van der Waals surface area contributed by atoms with Crippen molar-refractivity contribution in [1.82, 2.24) is 20.9 Å². The number of ether oxygens (including phenoxy) is 5. The summed E-state index contributed by atoms with van der Waals surface area (Å²) in [4.78, 5) is 43.4. The molecule has 0 aromatic heterocycles. The summed E-state index contributed by atoms with van der Waals surface area (Å²) >= 11 is 0. The van der Waals surface area contributed by atoms with E-state index in [1.165, 1.54) is 0 Å². The number of carbonyl (C=O) groups is 3. The Morgan fingerprint density at radius 3 is 2.46 bits per heavy atom. The predicted molar refractivity (Wildman–Crippen MR) is 177 cm³/mol. The number of likely N-dealkylation sites (N-methyl/N-ethyl adjacent to an activating group) is 1. The Labute approximate surface area is 285 Å². The number of aliphatic hydroxyl groups excluding tert-OH is 1. The van der Waals surface area contributed by atoms with Crippen LogP contribution in [-0.2, 0) is 33.3 Å². The maximum Gasteiger partial charge on any atom is 0.408 e. The molecule has 48 heavy (non-hydrogen) atoms. The van der Waals surface area contributed by atoms with Crippen LogP contribution in [0.2, 0.25) is 0 Å². The van der Waals surface area contributed by atoms with Gasteiger partial charge in [-0.3, -0.25) is 9.59 Å². The molecule has 5 aliphatic heterocycles. The minimum atomic E-state index is -1.55. The SMILES string of the molecule is CC[C@H]1OC(=O)[C@]2(C)CCO[C@@](C)(C[C@@H](C)CN[C@H](C)[C@H]3NC(=O)O[C@@]31C)[C@H](O[C@@H]1O[C@H](CNC3CC3)C[C@H](N(C)C)[C@H]1O)[C@@H](C)C2=O. The fourth-order valence-corrected chi connectivity index (χ4v) is 8.49. The number of fused-ring (bicyclic) bond motifs is 10. The molecule has 2 bridgehead atoms. The first kappa shape index (κ1) is 37.4. The fraction of sp³-hybridized carbons (Fsp3) is 0.914. The Bertz CT molecular complexity index is 1190. The first-order valence-electron chi connectivity index (χ1n) is 18.0. The number of Topliss-reactive ketones (excluding diaryl/α,β-unsaturated/α-hetero) is 1. The molecule has 5 heterocycles. The number of alkyl carbamates (subject to hydrolysis) is 1. The number of amides is 1. The van der Waals surface area contributed by atoms with Crippen LogP contribution in [0.25, 0.3) is 0 Å². The van der Waals surface area contributed by atoms with E-state index in [9.17, 15) is 19.5 Å². The molecule has 13 heteroatoms. The molecule has 1 aliphatic carbocycles.